The van der Waals surface area contributed by atoms with Gasteiger partial charge in [-0.15, -0.1) is 5.92 Å². The van der Waals surface area contributed by atoms with Crippen LogP contribution in [0.1, 0.15) is 44.1 Å². The summed E-state index contributed by atoms with van der Waals surface area (Å²) in [6.07, 6.45) is 10.5. The summed E-state index contributed by atoms with van der Waals surface area (Å²) in [6, 6.07) is 4.81. The van der Waals surface area contributed by atoms with Crippen LogP contribution in [0.25, 0.3) is 6.08 Å². The second kappa shape index (κ2) is 9.94. The predicted octanol–water partition coefficient (Wildman–Crippen LogP) is 3.45. The lowest BCUT2D eigenvalue weighted by atomic mass is 10.1. The zero-order valence-electron chi connectivity index (χ0n) is 11.7. The Morgan fingerprint density at radius 2 is 1.75 bits per heavy atom. The van der Waals surface area contributed by atoms with Crippen LogP contribution in [0, 0.1) is 11.8 Å². The molecule has 0 saturated carbocycles. The largest absolute Gasteiger partial charge is 0.504 e. The first-order chi connectivity index (χ1) is 9.74. The fraction of sp³-hybridized carbons (Fsp3) is 0.412. The van der Waals surface area contributed by atoms with Crippen LogP contribution < -0.4 is 0 Å². The molecule has 3 N–H and O–H groups in total. The summed E-state index contributed by atoms with van der Waals surface area (Å²) >= 11 is 0. The molecule has 0 radical (unpaired) electrons. The van der Waals surface area contributed by atoms with Crippen LogP contribution in [0.4, 0.5) is 0 Å². The second-order valence-corrected chi connectivity index (χ2v) is 4.62. The van der Waals surface area contributed by atoms with Crippen molar-refractivity contribution in [1.82, 2.24) is 0 Å². The number of benzene rings is 1. The van der Waals surface area contributed by atoms with Gasteiger partial charge in [0.05, 0.1) is 0 Å². The van der Waals surface area contributed by atoms with Crippen molar-refractivity contribution in [2.75, 3.05) is 6.61 Å². The summed E-state index contributed by atoms with van der Waals surface area (Å²) in [5.41, 5.74) is 0.888. The summed E-state index contributed by atoms with van der Waals surface area (Å²) in [7, 11) is 0. The van der Waals surface area contributed by atoms with Gasteiger partial charge < -0.3 is 15.3 Å². The summed E-state index contributed by atoms with van der Waals surface area (Å²) in [5, 5.41) is 27.0. The van der Waals surface area contributed by atoms with Crippen LogP contribution in [0.5, 0.6) is 11.5 Å². The van der Waals surface area contributed by atoms with E-state index < -0.39 is 0 Å². The number of aromatic hydroxyl groups is 2. The van der Waals surface area contributed by atoms with Crippen LogP contribution in [0.15, 0.2) is 24.3 Å². The molecule has 3 heteroatoms. The van der Waals surface area contributed by atoms with Gasteiger partial charge in [0.2, 0.25) is 0 Å². The van der Waals surface area contributed by atoms with Crippen molar-refractivity contribution >= 4 is 6.08 Å². The van der Waals surface area contributed by atoms with Gasteiger partial charge in [0, 0.05) is 6.42 Å². The molecule has 108 valence electrons. The van der Waals surface area contributed by atoms with Crippen molar-refractivity contribution in [3.63, 3.8) is 0 Å². The fourth-order valence-corrected chi connectivity index (χ4v) is 1.84. The lowest BCUT2D eigenvalue weighted by Crippen LogP contribution is -1.78. The summed E-state index contributed by atoms with van der Waals surface area (Å²) in [5.74, 6) is 5.37. The highest BCUT2D eigenvalue weighted by molar-refractivity contribution is 5.54. The topological polar surface area (TPSA) is 60.7 Å². The minimum atomic E-state index is -0.0913. The van der Waals surface area contributed by atoms with Gasteiger partial charge >= 0.3 is 0 Å². The first kappa shape index (κ1) is 16.1. The molecule has 20 heavy (non-hydrogen) atoms. The summed E-state index contributed by atoms with van der Waals surface area (Å²) < 4.78 is 0. The molecule has 0 atom stereocenters. The highest BCUT2D eigenvalue weighted by atomic mass is 16.3. The van der Waals surface area contributed by atoms with Crippen LogP contribution in [-0.2, 0) is 0 Å². The van der Waals surface area contributed by atoms with E-state index in [1.807, 2.05) is 6.08 Å². The van der Waals surface area contributed by atoms with E-state index in [-0.39, 0.29) is 18.1 Å². The molecule has 0 amide bonds. The van der Waals surface area contributed by atoms with Crippen molar-refractivity contribution in [3.8, 4) is 23.3 Å². The number of allylic oxidation sites excluding steroid dienone is 1. The van der Waals surface area contributed by atoms with E-state index in [0.717, 1.165) is 37.7 Å². The van der Waals surface area contributed by atoms with Gasteiger partial charge in [0.1, 0.15) is 6.61 Å². The SMILES string of the molecule is OCC#CCCCCCC/C=C\c1ccc(O)c(O)c1. The second-order valence-electron chi connectivity index (χ2n) is 4.62. The third-order valence-corrected chi connectivity index (χ3v) is 2.94. The van der Waals surface area contributed by atoms with Gasteiger partial charge in [0.25, 0.3) is 0 Å². The molecule has 0 heterocycles. The molecule has 0 unspecified atom stereocenters. The van der Waals surface area contributed by atoms with E-state index in [2.05, 4.69) is 17.9 Å². The molecule has 0 spiro atoms. The van der Waals surface area contributed by atoms with E-state index in [4.69, 9.17) is 5.11 Å². The van der Waals surface area contributed by atoms with Crippen molar-refractivity contribution in [1.29, 1.82) is 0 Å². The molecule has 3 nitrogen and oxygen atoms in total. The van der Waals surface area contributed by atoms with Crippen LogP contribution in [0.3, 0.4) is 0 Å². The van der Waals surface area contributed by atoms with Crippen molar-refractivity contribution < 1.29 is 15.3 Å². The number of aliphatic hydroxyl groups excluding tert-OH is 1. The van der Waals surface area contributed by atoms with Gasteiger partial charge in [-0.05, 0) is 37.0 Å². The molecule has 1 aromatic rings. The fourth-order valence-electron chi connectivity index (χ4n) is 1.84. The number of hydrogen-bond donors (Lipinski definition) is 3. The Labute approximate surface area is 120 Å². The molecule has 0 saturated heterocycles. The van der Waals surface area contributed by atoms with Gasteiger partial charge in [-0.2, -0.15) is 0 Å². The highest BCUT2D eigenvalue weighted by Gasteiger charge is 1.97. The quantitative estimate of drug-likeness (QED) is 0.405. The van der Waals surface area contributed by atoms with Gasteiger partial charge in [-0.3, -0.25) is 0 Å². The van der Waals surface area contributed by atoms with E-state index in [0.29, 0.717) is 0 Å². The molecule has 1 aromatic carbocycles. The minimum absolute atomic E-state index is 0.0440. The van der Waals surface area contributed by atoms with Crippen LogP contribution in [0.2, 0.25) is 0 Å². The number of rotatable bonds is 7. The molecule has 0 aliphatic rings. The lowest BCUT2D eigenvalue weighted by molar-refractivity contribution is 0.350. The average molecular weight is 274 g/mol. The number of hydrogen-bond acceptors (Lipinski definition) is 3. The van der Waals surface area contributed by atoms with E-state index >= 15 is 0 Å². The molecular formula is C17H22O3. The molecule has 0 aliphatic heterocycles. The van der Waals surface area contributed by atoms with Crippen molar-refractivity contribution in [3.05, 3.63) is 29.8 Å². The van der Waals surface area contributed by atoms with Crippen molar-refractivity contribution in [2.45, 2.75) is 38.5 Å². The summed E-state index contributed by atoms with van der Waals surface area (Å²) in [4.78, 5) is 0. The maximum Gasteiger partial charge on any atom is 0.157 e. The third kappa shape index (κ3) is 6.86. The Morgan fingerprint density at radius 3 is 2.50 bits per heavy atom. The smallest absolute Gasteiger partial charge is 0.157 e. The maximum atomic E-state index is 9.35. The van der Waals surface area contributed by atoms with E-state index in [1.54, 1.807) is 12.1 Å². The first-order valence-corrected chi connectivity index (χ1v) is 6.99. The Bertz CT molecular complexity index is 481. The van der Waals surface area contributed by atoms with Gasteiger partial charge in [-0.25, -0.2) is 0 Å². The Hall–Kier alpha value is -1.92. The average Bonchev–Trinajstić information content (AvgIpc) is 2.45. The zero-order chi connectivity index (χ0) is 14.6. The van der Waals surface area contributed by atoms with Crippen LogP contribution >= 0.6 is 0 Å². The normalized spacial score (nSPS) is 10.4. The molecule has 0 bridgehead atoms. The number of phenolic OH excluding ortho intramolecular Hbond substituents is 2. The van der Waals surface area contributed by atoms with Gasteiger partial charge in [-0.1, -0.05) is 37.0 Å². The molecule has 0 aliphatic carbocycles. The Kier molecular flexibility index (Phi) is 8.02. The summed E-state index contributed by atoms with van der Waals surface area (Å²) in [6.45, 7) is -0.0440. The minimum Gasteiger partial charge on any atom is -0.504 e. The highest BCUT2D eigenvalue weighted by Crippen LogP contribution is 2.25. The van der Waals surface area contributed by atoms with Crippen LogP contribution in [-0.4, -0.2) is 21.9 Å². The molecule has 1 rings (SSSR count). The zero-order valence-corrected chi connectivity index (χ0v) is 11.7. The van der Waals surface area contributed by atoms with Gasteiger partial charge in [0.15, 0.2) is 11.5 Å². The van der Waals surface area contributed by atoms with E-state index in [9.17, 15) is 10.2 Å². The number of unbranched alkanes of at least 4 members (excludes halogenated alkanes) is 5. The predicted molar refractivity (Wildman–Crippen MR) is 81.4 cm³/mol. The third-order valence-electron chi connectivity index (χ3n) is 2.94. The Balaban J connectivity index is 2.11. The maximum absolute atomic E-state index is 9.35. The Morgan fingerprint density at radius 1 is 0.950 bits per heavy atom. The number of phenols is 2. The monoisotopic (exact) mass is 274 g/mol. The van der Waals surface area contributed by atoms with Crippen molar-refractivity contribution in [2.24, 2.45) is 0 Å². The molecular weight excluding hydrogens is 252 g/mol. The number of aliphatic hydroxyl groups is 1. The standard InChI is InChI=1S/C17H22O3/c18-13-9-7-5-3-1-2-4-6-8-10-15-11-12-16(19)17(20)14-15/h8,10-12,14,18-20H,1-6,13H2/b10-8-. The molecule has 0 aromatic heterocycles. The van der Waals surface area contributed by atoms with E-state index in [1.165, 1.54) is 12.5 Å². The molecule has 0 fully saturated rings. The first-order valence-electron chi connectivity index (χ1n) is 6.99. The lowest BCUT2D eigenvalue weighted by Gasteiger charge is -1.99.